The van der Waals surface area contributed by atoms with E-state index in [0.29, 0.717) is 10.6 Å². The van der Waals surface area contributed by atoms with Gasteiger partial charge in [-0.05, 0) is 12.3 Å². The van der Waals surface area contributed by atoms with Crippen LogP contribution in [0.4, 0.5) is 30.7 Å². The van der Waals surface area contributed by atoms with Gasteiger partial charge in [0.2, 0.25) is 0 Å². The third-order valence-corrected chi connectivity index (χ3v) is 4.87. The third kappa shape index (κ3) is 3.35. The summed E-state index contributed by atoms with van der Waals surface area (Å²) < 4.78 is 89.9. The molecule has 0 bridgehead atoms. The molecule has 0 spiro atoms. The number of halogens is 7. The van der Waals surface area contributed by atoms with E-state index in [1.165, 1.54) is 11.6 Å². The number of nitrogens with zero attached hydrogens (tertiary/aromatic N) is 2. The zero-order valence-electron chi connectivity index (χ0n) is 13.4. The molecule has 11 heteroatoms. The smallest absolute Gasteiger partial charge is 0.324 e. The minimum atomic E-state index is -6.58. The van der Waals surface area contributed by atoms with Gasteiger partial charge in [0.1, 0.15) is 0 Å². The molecule has 1 amide bonds. The maximum atomic E-state index is 13.3. The van der Waals surface area contributed by atoms with E-state index in [0.717, 1.165) is 11.3 Å². The Morgan fingerprint density at radius 2 is 1.50 bits per heavy atom. The lowest BCUT2D eigenvalue weighted by atomic mass is 9.93. The Balaban J connectivity index is 3.45. The van der Waals surface area contributed by atoms with Crippen LogP contribution in [0, 0.1) is 6.92 Å². The topological polar surface area (TPSA) is 34.4 Å². The molecule has 0 unspecified atom stereocenters. The largest absolute Gasteiger partial charge is 0.460 e. The standard InChI is InChI=1S/C13H15F7N2OS/c1-6-7(10(2,3)4)24-9(22(6)5)21-8(23)11(14,15)12(16,17)13(18,19)20/h1-5H3/b21-9-. The van der Waals surface area contributed by atoms with Crippen LogP contribution < -0.4 is 4.80 Å². The maximum Gasteiger partial charge on any atom is 0.460 e. The SMILES string of the molecule is Cc1c(C(C)(C)C)s/c(=N\C(=O)C(F)(F)C(F)(F)C(F)(F)F)n1C. The van der Waals surface area contributed by atoms with Gasteiger partial charge in [-0.25, -0.2) is 0 Å². The van der Waals surface area contributed by atoms with Crippen molar-refractivity contribution < 1.29 is 35.5 Å². The van der Waals surface area contributed by atoms with Crippen molar-refractivity contribution in [1.82, 2.24) is 4.57 Å². The van der Waals surface area contributed by atoms with Gasteiger partial charge in [0.25, 0.3) is 0 Å². The quantitative estimate of drug-likeness (QED) is 0.716. The number of rotatable bonds is 2. The Morgan fingerprint density at radius 3 is 1.83 bits per heavy atom. The summed E-state index contributed by atoms with van der Waals surface area (Å²) >= 11 is 0.772. The van der Waals surface area contributed by atoms with Gasteiger partial charge in [0.15, 0.2) is 4.80 Å². The fourth-order valence-corrected chi connectivity index (χ4v) is 2.97. The molecule has 1 heterocycles. The second-order valence-corrected chi connectivity index (χ2v) is 7.15. The molecule has 1 aromatic heterocycles. The predicted molar refractivity (Wildman–Crippen MR) is 73.2 cm³/mol. The van der Waals surface area contributed by atoms with Crippen molar-refractivity contribution in [1.29, 1.82) is 0 Å². The average Bonchev–Trinajstić information content (AvgIpc) is 2.65. The fraction of sp³-hybridized carbons (Fsp3) is 0.692. The number of carbonyl (C=O) groups excluding carboxylic acids is 1. The molecule has 0 aliphatic rings. The van der Waals surface area contributed by atoms with Crippen LogP contribution >= 0.6 is 11.3 Å². The summed E-state index contributed by atoms with van der Waals surface area (Å²) in [6.45, 7) is 6.93. The van der Waals surface area contributed by atoms with Gasteiger partial charge in [-0.15, -0.1) is 11.3 Å². The van der Waals surface area contributed by atoms with Crippen LogP contribution in [-0.2, 0) is 17.3 Å². The lowest BCUT2D eigenvalue weighted by molar-refractivity contribution is -0.343. The maximum absolute atomic E-state index is 13.3. The Morgan fingerprint density at radius 1 is 1.04 bits per heavy atom. The Labute approximate surface area is 136 Å². The van der Waals surface area contributed by atoms with E-state index in [4.69, 9.17) is 0 Å². The molecule has 1 rings (SSSR count). The highest BCUT2D eigenvalue weighted by Crippen LogP contribution is 2.47. The number of alkyl halides is 7. The third-order valence-electron chi connectivity index (χ3n) is 3.21. The van der Waals surface area contributed by atoms with Crippen molar-refractivity contribution >= 4 is 17.2 Å². The number of amides is 1. The lowest BCUT2D eigenvalue weighted by Gasteiger charge is -2.25. The molecule has 0 aromatic carbocycles. The molecule has 0 aliphatic carbocycles. The van der Waals surface area contributed by atoms with Crippen LogP contribution in [0.25, 0.3) is 0 Å². The minimum Gasteiger partial charge on any atom is -0.324 e. The zero-order chi connectivity index (χ0) is 19.3. The zero-order valence-corrected chi connectivity index (χ0v) is 14.2. The normalized spacial score (nSPS) is 15.1. The Hall–Kier alpha value is -1.39. The van der Waals surface area contributed by atoms with E-state index >= 15 is 0 Å². The number of carbonyl (C=O) groups is 1. The first-order valence-electron chi connectivity index (χ1n) is 6.53. The molecule has 138 valence electrons. The highest BCUT2D eigenvalue weighted by atomic mass is 32.1. The lowest BCUT2D eigenvalue weighted by Crippen LogP contribution is -2.56. The van der Waals surface area contributed by atoms with Gasteiger partial charge in [-0.1, -0.05) is 20.8 Å². The van der Waals surface area contributed by atoms with Crippen LogP contribution in [0.2, 0.25) is 0 Å². The fourth-order valence-electron chi connectivity index (χ4n) is 1.79. The number of hydrogen-bond donors (Lipinski definition) is 0. The van der Waals surface area contributed by atoms with Crippen molar-refractivity contribution in [2.24, 2.45) is 12.0 Å². The average molecular weight is 380 g/mol. The van der Waals surface area contributed by atoms with Gasteiger partial charge in [0.05, 0.1) is 0 Å². The molecule has 1 aromatic rings. The molecule has 0 N–H and O–H groups in total. The van der Waals surface area contributed by atoms with Crippen molar-refractivity contribution in [3.8, 4) is 0 Å². The van der Waals surface area contributed by atoms with E-state index in [-0.39, 0.29) is 4.80 Å². The van der Waals surface area contributed by atoms with Crippen LogP contribution in [0.3, 0.4) is 0 Å². The van der Waals surface area contributed by atoms with E-state index in [2.05, 4.69) is 4.99 Å². The second-order valence-electron chi connectivity index (χ2n) is 6.17. The molecule has 0 radical (unpaired) electrons. The summed E-state index contributed by atoms with van der Waals surface area (Å²) in [5.41, 5.74) is 0.0758. The summed E-state index contributed by atoms with van der Waals surface area (Å²) in [5, 5.41) is 0. The summed E-state index contributed by atoms with van der Waals surface area (Å²) in [6.07, 6.45) is -6.58. The summed E-state index contributed by atoms with van der Waals surface area (Å²) in [7, 11) is 1.34. The molecule has 0 aliphatic heterocycles. The number of thiazole rings is 1. The molecule has 3 nitrogen and oxygen atoms in total. The second kappa shape index (κ2) is 5.85. The molecular weight excluding hydrogens is 365 g/mol. The minimum absolute atomic E-state index is 0.389. The van der Waals surface area contributed by atoms with E-state index in [9.17, 15) is 35.5 Å². The van der Waals surface area contributed by atoms with Crippen molar-refractivity contribution in [2.45, 2.75) is 51.1 Å². The van der Waals surface area contributed by atoms with Gasteiger partial charge >= 0.3 is 23.9 Å². The van der Waals surface area contributed by atoms with E-state index < -0.39 is 29.3 Å². The monoisotopic (exact) mass is 380 g/mol. The van der Waals surface area contributed by atoms with Crippen LogP contribution in [0.15, 0.2) is 4.99 Å². The molecule has 24 heavy (non-hydrogen) atoms. The Bertz CT molecular complexity index is 707. The molecule has 0 atom stereocenters. The van der Waals surface area contributed by atoms with Crippen LogP contribution in [0.1, 0.15) is 31.3 Å². The highest BCUT2D eigenvalue weighted by molar-refractivity contribution is 7.09. The van der Waals surface area contributed by atoms with Crippen LogP contribution in [-0.4, -0.2) is 28.5 Å². The first kappa shape index (κ1) is 20.7. The summed E-state index contributed by atoms with van der Waals surface area (Å²) in [6, 6.07) is 0. The molecule has 0 saturated carbocycles. The molecule has 0 saturated heterocycles. The summed E-state index contributed by atoms with van der Waals surface area (Å²) in [5.74, 6) is -15.4. The summed E-state index contributed by atoms with van der Waals surface area (Å²) in [4.78, 5) is 14.4. The van der Waals surface area contributed by atoms with Gasteiger partial charge in [0, 0.05) is 17.6 Å². The highest BCUT2D eigenvalue weighted by Gasteiger charge is 2.76. The molecular formula is C13H15F7N2OS. The van der Waals surface area contributed by atoms with Gasteiger partial charge < -0.3 is 4.57 Å². The predicted octanol–water partition coefficient (Wildman–Crippen LogP) is 3.95. The van der Waals surface area contributed by atoms with Gasteiger partial charge in [-0.3, -0.25) is 4.79 Å². The first-order chi connectivity index (χ1) is 10.4. The number of aromatic nitrogens is 1. The van der Waals surface area contributed by atoms with E-state index in [1.54, 1.807) is 27.7 Å². The Kier molecular flexibility index (Phi) is 5.03. The van der Waals surface area contributed by atoms with Crippen molar-refractivity contribution in [3.63, 3.8) is 0 Å². The van der Waals surface area contributed by atoms with Gasteiger partial charge in [-0.2, -0.15) is 35.7 Å². The first-order valence-corrected chi connectivity index (χ1v) is 7.34. The molecule has 0 fully saturated rings. The van der Waals surface area contributed by atoms with E-state index in [1.807, 2.05) is 0 Å². The van der Waals surface area contributed by atoms with Crippen LogP contribution in [0.5, 0.6) is 0 Å². The number of hydrogen-bond acceptors (Lipinski definition) is 2. The van der Waals surface area contributed by atoms with Crippen molar-refractivity contribution in [3.05, 3.63) is 15.4 Å². The van der Waals surface area contributed by atoms with Crippen molar-refractivity contribution in [2.75, 3.05) is 0 Å².